The van der Waals surface area contributed by atoms with Gasteiger partial charge in [-0.25, -0.2) is 8.42 Å². The topological polar surface area (TPSA) is 81.4 Å². The summed E-state index contributed by atoms with van der Waals surface area (Å²) in [5.41, 5.74) is 6.87. The summed E-state index contributed by atoms with van der Waals surface area (Å²) >= 11 is 1.23. The van der Waals surface area contributed by atoms with E-state index in [-0.39, 0.29) is 4.21 Å². The second kappa shape index (κ2) is 6.46. The number of nitrogens with two attached hydrogens (primary N) is 1. The summed E-state index contributed by atoms with van der Waals surface area (Å²) in [6.07, 6.45) is 0.675. The van der Waals surface area contributed by atoms with Gasteiger partial charge in [0.2, 0.25) is 0 Å². The van der Waals surface area contributed by atoms with Crippen LogP contribution in [0.25, 0.3) is 0 Å². The summed E-state index contributed by atoms with van der Waals surface area (Å²) in [4.78, 5) is 0.953. The predicted octanol–water partition coefficient (Wildman–Crippen LogP) is 2.37. The van der Waals surface area contributed by atoms with Crippen LogP contribution in [-0.4, -0.2) is 22.1 Å². The van der Waals surface area contributed by atoms with Crippen molar-refractivity contribution in [2.24, 2.45) is 5.73 Å². The maximum Gasteiger partial charge on any atom is 0.271 e. The Bertz CT molecular complexity index is 724. The van der Waals surface area contributed by atoms with Crippen molar-refractivity contribution in [1.82, 2.24) is 0 Å². The molecule has 0 bridgehead atoms. The van der Waals surface area contributed by atoms with Crippen LogP contribution in [0.15, 0.2) is 34.5 Å². The molecule has 1 heterocycles. The zero-order valence-corrected chi connectivity index (χ0v) is 13.6. The van der Waals surface area contributed by atoms with Gasteiger partial charge in [0.05, 0.1) is 12.8 Å². The number of ether oxygens (including phenoxy) is 1. The Morgan fingerprint density at radius 2 is 2.05 bits per heavy atom. The number of anilines is 1. The highest BCUT2D eigenvalue weighted by atomic mass is 32.2. The molecule has 0 unspecified atom stereocenters. The molecule has 5 nitrogen and oxygen atoms in total. The molecule has 0 aliphatic rings. The molecule has 0 fully saturated rings. The highest BCUT2D eigenvalue weighted by Gasteiger charge is 2.18. The first-order valence-electron chi connectivity index (χ1n) is 6.42. The predicted molar refractivity (Wildman–Crippen MR) is 85.6 cm³/mol. The lowest BCUT2D eigenvalue weighted by Gasteiger charge is -2.11. The van der Waals surface area contributed by atoms with Crippen LogP contribution < -0.4 is 15.2 Å². The third-order valence-electron chi connectivity index (χ3n) is 2.89. The Hall–Kier alpha value is -1.57. The van der Waals surface area contributed by atoms with Crippen LogP contribution in [0.2, 0.25) is 0 Å². The molecular weight excluding hydrogens is 308 g/mol. The van der Waals surface area contributed by atoms with E-state index in [1.165, 1.54) is 18.4 Å². The molecular formula is C14H18N2O3S2. The Morgan fingerprint density at radius 3 is 2.71 bits per heavy atom. The van der Waals surface area contributed by atoms with Crippen molar-refractivity contribution < 1.29 is 13.2 Å². The zero-order chi connectivity index (χ0) is 15.5. The Balaban J connectivity index is 2.30. The third kappa shape index (κ3) is 3.75. The molecule has 2 aromatic rings. The minimum Gasteiger partial charge on any atom is -0.495 e. The van der Waals surface area contributed by atoms with E-state index in [0.717, 1.165) is 10.4 Å². The summed E-state index contributed by atoms with van der Waals surface area (Å²) in [5, 5.41) is 0. The van der Waals surface area contributed by atoms with Crippen LogP contribution >= 0.6 is 11.3 Å². The fraction of sp³-hybridized carbons (Fsp3) is 0.286. The molecule has 0 radical (unpaired) electrons. The molecule has 0 amide bonds. The highest BCUT2D eigenvalue weighted by Crippen LogP contribution is 2.30. The van der Waals surface area contributed by atoms with Crippen LogP contribution in [0.5, 0.6) is 5.75 Å². The van der Waals surface area contributed by atoms with Gasteiger partial charge in [-0.05, 0) is 49.7 Å². The smallest absolute Gasteiger partial charge is 0.271 e. The Kier molecular flexibility index (Phi) is 4.87. The molecule has 0 atom stereocenters. The zero-order valence-electron chi connectivity index (χ0n) is 11.9. The Morgan fingerprint density at radius 1 is 1.29 bits per heavy atom. The van der Waals surface area contributed by atoms with Gasteiger partial charge in [-0.1, -0.05) is 6.07 Å². The van der Waals surface area contributed by atoms with Crippen molar-refractivity contribution in [2.75, 3.05) is 18.4 Å². The van der Waals surface area contributed by atoms with Gasteiger partial charge in [-0.2, -0.15) is 0 Å². The summed E-state index contributed by atoms with van der Waals surface area (Å²) in [7, 11) is -2.11. The maximum absolute atomic E-state index is 12.4. The van der Waals surface area contributed by atoms with Crippen LogP contribution in [0, 0.1) is 6.92 Å². The second-order valence-corrected chi connectivity index (χ2v) is 7.65. The van der Waals surface area contributed by atoms with Crippen LogP contribution in [0.4, 0.5) is 5.69 Å². The molecule has 0 aliphatic carbocycles. The molecule has 21 heavy (non-hydrogen) atoms. The number of hydrogen-bond acceptors (Lipinski definition) is 5. The van der Waals surface area contributed by atoms with E-state index in [9.17, 15) is 8.42 Å². The van der Waals surface area contributed by atoms with Crippen LogP contribution in [0.3, 0.4) is 0 Å². The number of aryl methyl sites for hydroxylation is 1. The second-order valence-electron chi connectivity index (χ2n) is 4.57. The van der Waals surface area contributed by atoms with E-state index in [0.29, 0.717) is 24.4 Å². The molecule has 7 heteroatoms. The number of hydrogen-bond donors (Lipinski definition) is 2. The van der Waals surface area contributed by atoms with Crippen molar-refractivity contribution in [1.29, 1.82) is 0 Å². The standard InChI is InChI=1S/C14H18N2O3S2/c1-10-3-5-13(19-2)12(9-10)16-21(17,18)14-6-4-11(20-14)7-8-15/h3-6,9,16H,7-8,15H2,1-2H3. The van der Waals surface area contributed by atoms with Gasteiger partial charge in [0.25, 0.3) is 10.0 Å². The SMILES string of the molecule is COc1ccc(C)cc1NS(=O)(=O)c1ccc(CCN)s1. The first-order valence-corrected chi connectivity index (χ1v) is 8.72. The van der Waals surface area contributed by atoms with Gasteiger partial charge < -0.3 is 10.5 Å². The van der Waals surface area contributed by atoms with Crippen molar-refractivity contribution in [3.63, 3.8) is 0 Å². The molecule has 1 aromatic carbocycles. The molecule has 114 valence electrons. The Labute approximate surface area is 128 Å². The van der Waals surface area contributed by atoms with Crippen molar-refractivity contribution in [3.05, 3.63) is 40.8 Å². The van der Waals surface area contributed by atoms with Crippen molar-refractivity contribution >= 4 is 27.0 Å². The van der Waals surface area contributed by atoms with Gasteiger partial charge in [0.15, 0.2) is 0 Å². The van der Waals surface area contributed by atoms with Gasteiger partial charge >= 0.3 is 0 Å². The van der Waals surface area contributed by atoms with E-state index < -0.39 is 10.0 Å². The molecule has 1 aromatic heterocycles. The fourth-order valence-electron chi connectivity index (χ4n) is 1.88. The quantitative estimate of drug-likeness (QED) is 0.854. The van der Waals surface area contributed by atoms with Gasteiger partial charge in [-0.3, -0.25) is 4.72 Å². The third-order valence-corrected chi connectivity index (χ3v) is 5.89. The summed E-state index contributed by atoms with van der Waals surface area (Å²) in [6.45, 7) is 2.39. The summed E-state index contributed by atoms with van der Waals surface area (Å²) in [5.74, 6) is 0.489. The lowest BCUT2D eigenvalue weighted by molar-refractivity contribution is 0.417. The lowest BCUT2D eigenvalue weighted by Crippen LogP contribution is -2.12. The van der Waals surface area contributed by atoms with E-state index in [4.69, 9.17) is 10.5 Å². The number of sulfonamides is 1. The largest absolute Gasteiger partial charge is 0.495 e. The summed E-state index contributed by atoms with van der Waals surface area (Å²) in [6, 6.07) is 8.73. The molecule has 0 saturated heterocycles. The summed E-state index contributed by atoms with van der Waals surface area (Å²) < 4.78 is 32.9. The monoisotopic (exact) mass is 326 g/mol. The number of nitrogens with one attached hydrogen (secondary N) is 1. The number of benzene rings is 1. The van der Waals surface area contributed by atoms with Gasteiger partial charge in [0.1, 0.15) is 9.96 Å². The molecule has 3 N–H and O–H groups in total. The maximum atomic E-state index is 12.4. The first kappa shape index (κ1) is 15.8. The first-order chi connectivity index (χ1) is 9.96. The molecule has 2 rings (SSSR count). The van der Waals surface area contributed by atoms with Crippen molar-refractivity contribution in [2.45, 2.75) is 17.6 Å². The van der Waals surface area contributed by atoms with E-state index in [1.807, 2.05) is 13.0 Å². The molecule has 0 spiro atoms. The minimum absolute atomic E-state index is 0.273. The number of rotatable bonds is 6. The number of methoxy groups -OCH3 is 1. The normalized spacial score (nSPS) is 11.4. The van der Waals surface area contributed by atoms with E-state index >= 15 is 0 Å². The van der Waals surface area contributed by atoms with Gasteiger partial charge in [-0.15, -0.1) is 11.3 Å². The van der Waals surface area contributed by atoms with E-state index in [1.54, 1.807) is 24.3 Å². The van der Waals surface area contributed by atoms with Crippen molar-refractivity contribution in [3.8, 4) is 5.75 Å². The van der Waals surface area contributed by atoms with Crippen LogP contribution in [0.1, 0.15) is 10.4 Å². The average Bonchev–Trinajstić information content (AvgIpc) is 2.88. The van der Waals surface area contributed by atoms with Gasteiger partial charge in [0, 0.05) is 4.88 Å². The molecule has 0 saturated carbocycles. The number of thiophene rings is 1. The fourth-order valence-corrected chi connectivity index (χ4v) is 4.31. The highest BCUT2D eigenvalue weighted by molar-refractivity contribution is 7.94. The lowest BCUT2D eigenvalue weighted by atomic mass is 10.2. The average molecular weight is 326 g/mol. The minimum atomic E-state index is -3.61. The van der Waals surface area contributed by atoms with E-state index in [2.05, 4.69) is 4.72 Å². The van der Waals surface area contributed by atoms with Crippen LogP contribution in [-0.2, 0) is 16.4 Å². The molecule has 0 aliphatic heterocycles.